The van der Waals surface area contributed by atoms with E-state index in [-0.39, 0.29) is 24.3 Å². The molecular weight excluding hydrogens is 386 g/mol. The second-order valence-electron chi connectivity index (χ2n) is 5.84. The smallest absolute Gasteiger partial charge is 0.271 e. The third kappa shape index (κ3) is 4.81. The van der Waals surface area contributed by atoms with Crippen molar-refractivity contribution >= 4 is 46.8 Å². The van der Waals surface area contributed by atoms with Crippen molar-refractivity contribution in [2.75, 3.05) is 17.2 Å². The lowest BCUT2D eigenvalue weighted by atomic mass is 10.2. The molecule has 3 amide bonds. The largest absolute Gasteiger partial charge is 0.310 e. The predicted octanol–water partition coefficient (Wildman–Crippen LogP) is 3.02. The quantitative estimate of drug-likeness (QED) is 0.769. The number of halogens is 1. The van der Waals surface area contributed by atoms with Crippen LogP contribution in [0.1, 0.15) is 23.2 Å². The van der Waals surface area contributed by atoms with E-state index in [1.165, 1.54) is 0 Å². The third-order valence-corrected chi connectivity index (χ3v) is 5.40. The highest BCUT2D eigenvalue weighted by Crippen LogP contribution is 2.34. The number of nitrogens with zero attached hydrogens (tertiary/aromatic N) is 1. The molecule has 2 N–H and O–H groups in total. The van der Waals surface area contributed by atoms with Crippen molar-refractivity contribution in [3.8, 4) is 0 Å². The van der Waals surface area contributed by atoms with Crippen LogP contribution in [0, 0.1) is 0 Å². The van der Waals surface area contributed by atoms with Gasteiger partial charge >= 0.3 is 0 Å². The molecule has 0 radical (unpaired) electrons. The highest BCUT2D eigenvalue weighted by molar-refractivity contribution is 7.99. The summed E-state index contributed by atoms with van der Waals surface area (Å²) < 4.78 is 0. The molecule has 0 atom stereocenters. The van der Waals surface area contributed by atoms with Gasteiger partial charge in [0.05, 0.1) is 16.3 Å². The molecule has 1 heterocycles. The number of para-hydroxylation sites is 1. The van der Waals surface area contributed by atoms with Crippen LogP contribution in [0.2, 0.25) is 5.02 Å². The summed E-state index contributed by atoms with van der Waals surface area (Å²) in [6, 6.07) is 14.2. The number of amides is 3. The Morgan fingerprint density at radius 3 is 2.56 bits per heavy atom. The van der Waals surface area contributed by atoms with Crippen molar-refractivity contribution in [2.24, 2.45) is 0 Å². The van der Waals surface area contributed by atoms with Crippen LogP contribution in [0.25, 0.3) is 0 Å². The van der Waals surface area contributed by atoms with Gasteiger partial charge in [-0.15, -0.1) is 11.8 Å². The minimum atomic E-state index is -0.512. The van der Waals surface area contributed by atoms with Gasteiger partial charge in [0.15, 0.2) is 0 Å². The Kier molecular flexibility index (Phi) is 6.36. The van der Waals surface area contributed by atoms with E-state index in [2.05, 4.69) is 10.9 Å². The molecule has 6 nitrogen and oxygen atoms in total. The number of nitrogens with one attached hydrogen (secondary N) is 2. The van der Waals surface area contributed by atoms with Gasteiger partial charge in [0, 0.05) is 30.0 Å². The average molecular weight is 404 g/mol. The minimum absolute atomic E-state index is 0.0204. The zero-order valence-electron chi connectivity index (χ0n) is 14.4. The van der Waals surface area contributed by atoms with Gasteiger partial charge in [-0.25, -0.2) is 0 Å². The number of hydrogen-bond donors (Lipinski definition) is 2. The predicted molar refractivity (Wildman–Crippen MR) is 106 cm³/mol. The van der Waals surface area contributed by atoms with Gasteiger partial charge < -0.3 is 4.90 Å². The van der Waals surface area contributed by atoms with E-state index in [1.54, 1.807) is 40.9 Å². The van der Waals surface area contributed by atoms with Crippen molar-refractivity contribution < 1.29 is 14.4 Å². The van der Waals surface area contributed by atoms with Crippen LogP contribution in [-0.2, 0) is 9.59 Å². The molecule has 0 bridgehead atoms. The zero-order valence-corrected chi connectivity index (χ0v) is 16.0. The van der Waals surface area contributed by atoms with Crippen molar-refractivity contribution in [3.05, 3.63) is 59.1 Å². The van der Waals surface area contributed by atoms with Crippen LogP contribution in [0.5, 0.6) is 0 Å². The first-order chi connectivity index (χ1) is 13.1. The monoisotopic (exact) mass is 403 g/mol. The zero-order chi connectivity index (χ0) is 19.2. The summed E-state index contributed by atoms with van der Waals surface area (Å²) in [7, 11) is 0. The fraction of sp³-hybridized carbons (Fsp3) is 0.211. The first-order valence-electron chi connectivity index (χ1n) is 8.42. The maximum absolute atomic E-state index is 12.5. The summed E-state index contributed by atoms with van der Waals surface area (Å²) in [6.45, 7) is 0.616. The van der Waals surface area contributed by atoms with Gasteiger partial charge in [-0.05, 0) is 24.3 Å². The van der Waals surface area contributed by atoms with Gasteiger partial charge in [-0.3, -0.25) is 25.2 Å². The highest BCUT2D eigenvalue weighted by atomic mass is 35.5. The fourth-order valence-electron chi connectivity index (χ4n) is 2.69. The maximum Gasteiger partial charge on any atom is 0.271 e. The molecule has 2 aromatic rings. The Morgan fingerprint density at radius 2 is 1.74 bits per heavy atom. The maximum atomic E-state index is 12.5. The Bertz CT molecular complexity index is 875. The normalized spacial score (nSPS) is 12.9. The molecule has 8 heteroatoms. The van der Waals surface area contributed by atoms with E-state index in [9.17, 15) is 14.4 Å². The van der Waals surface area contributed by atoms with Crippen LogP contribution < -0.4 is 15.8 Å². The number of hydrazine groups is 1. The van der Waals surface area contributed by atoms with Crippen molar-refractivity contribution in [2.45, 2.75) is 17.7 Å². The molecule has 0 fully saturated rings. The second kappa shape index (κ2) is 8.92. The highest BCUT2D eigenvalue weighted by Gasteiger charge is 2.23. The molecule has 0 aliphatic carbocycles. The number of fused-ring (bicyclic) bond motifs is 1. The van der Waals surface area contributed by atoms with Gasteiger partial charge in [0.25, 0.3) is 5.91 Å². The topological polar surface area (TPSA) is 78.5 Å². The molecule has 0 aromatic heterocycles. The number of thioether (sulfide) groups is 1. The van der Waals surface area contributed by atoms with E-state index in [0.717, 1.165) is 16.3 Å². The summed E-state index contributed by atoms with van der Waals surface area (Å²) in [5.41, 5.74) is 5.76. The standard InChI is InChI=1S/C19H18ClN3O3S/c20-14-6-2-1-5-13(14)19(26)22-21-17(24)9-10-18(25)23-11-12-27-16-8-4-3-7-15(16)23/h1-8H,9-12H2,(H,21,24)(H,22,26). The molecule has 2 aromatic carbocycles. The minimum Gasteiger partial charge on any atom is -0.310 e. The van der Waals surface area contributed by atoms with Gasteiger partial charge in [0.1, 0.15) is 0 Å². The van der Waals surface area contributed by atoms with Crippen LogP contribution in [0.15, 0.2) is 53.4 Å². The van der Waals surface area contributed by atoms with E-state index >= 15 is 0 Å². The van der Waals surface area contributed by atoms with Crippen molar-refractivity contribution in [3.63, 3.8) is 0 Å². The molecule has 140 valence electrons. The van der Waals surface area contributed by atoms with Crippen LogP contribution in [0.4, 0.5) is 5.69 Å². The summed E-state index contributed by atoms with van der Waals surface area (Å²) in [5.74, 6) is -0.246. The molecule has 0 unspecified atom stereocenters. The molecule has 0 saturated heterocycles. The average Bonchev–Trinajstić information content (AvgIpc) is 2.70. The number of anilines is 1. The number of carbonyl (C=O) groups excluding carboxylic acids is 3. The molecule has 0 saturated carbocycles. The van der Waals surface area contributed by atoms with E-state index in [0.29, 0.717) is 11.6 Å². The summed E-state index contributed by atoms with van der Waals surface area (Å²) in [5, 5.41) is 0.293. The van der Waals surface area contributed by atoms with Crippen molar-refractivity contribution in [1.29, 1.82) is 0 Å². The Balaban J connectivity index is 1.49. The molecule has 3 rings (SSSR count). The van der Waals surface area contributed by atoms with Crippen LogP contribution in [-0.4, -0.2) is 30.0 Å². The number of carbonyl (C=O) groups is 3. The van der Waals surface area contributed by atoms with Gasteiger partial charge in [0.2, 0.25) is 11.8 Å². The Morgan fingerprint density at radius 1 is 1.00 bits per heavy atom. The molecule has 0 spiro atoms. The second-order valence-corrected chi connectivity index (χ2v) is 7.39. The van der Waals surface area contributed by atoms with E-state index in [4.69, 9.17) is 11.6 Å². The lowest BCUT2D eigenvalue weighted by Gasteiger charge is -2.29. The summed E-state index contributed by atoms with van der Waals surface area (Å²) in [6.07, 6.45) is 0.0419. The number of benzene rings is 2. The number of rotatable bonds is 4. The van der Waals surface area contributed by atoms with Gasteiger partial charge in [-0.1, -0.05) is 35.9 Å². The first kappa shape index (κ1) is 19.3. The van der Waals surface area contributed by atoms with Crippen LogP contribution >= 0.6 is 23.4 Å². The van der Waals surface area contributed by atoms with Crippen LogP contribution in [0.3, 0.4) is 0 Å². The third-order valence-electron chi connectivity index (χ3n) is 4.03. The SMILES string of the molecule is O=C(CCC(=O)N1CCSc2ccccc21)NNC(=O)c1ccccc1Cl. The Labute approximate surface area is 166 Å². The summed E-state index contributed by atoms with van der Waals surface area (Å²) >= 11 is 7.65. The number of hydrogen-bond acceptors (Lipinski definition) is 4. The Hall–Kier alpha value is -2.51. The van der Waals surface area contributed by atoms with Gasteiger partial charge in [-0.2, -0.15) is 0 Å². The molecule has 27 heavy (non-hydrogen) atoms. The van der Waals surface area contributed by atoms with E-state index < -0.39 is 11.8 Å². The lowest BCUT2D eigenvalue weighted by molar-refractivity contribution is -0.125. The summed E-state index contributed by atoms with van der Waals surface area (Å²) in [4.78, 5) is 39.2. The van der Waals surface area contributed by atoms with E-state index in [1.807, 2.05) is 24.3 Å². The molecule has 1 aliphatic heterocycles. The fourth-order valence-corrected chi connectivity index (χ4v) is 3.90. The lowest BCUT2D eigenvalue weighted by Crippen LogP contribution is -2.42. The molecular formula is C19H18ClN3O3S. The first-order valence-corrected chi connectivity index (χ1v) is 9.78. The molecule has 1 aliphatic rings. The van der Waals surface area contributed by atoms with Crippen molar-refractivity contribution in [1.82, 2.24) is 10.9 Å².